The third kappa shape index (κ3) is 2.13. The Kier molecular flexibility index (Phi) is 3.28. The summed E-state index contributed by atoms with van der Waals surface area (Å²) in [6.07, 6.45) is 3.07. The summed E-state index contributed by atoms with van der Waals surface area (Å²) >= 11 is 0. The maximum Gasteiger partial charge on any atom is 0.227 e. The van der Waals surface area contributed by atoms with Gasteiger partial charge in [0.25, 0.3) is 0 Å². The van der Waals surface area contributed by atoms with E-state index in [9.17, 15) is 8.42 Å². The van der Waals surface area contributed by atoms with Crippen LogP contribution in [0.1, 0.15) is 19.9 Å². The highest BCUT2D eigenvalue weighted by atomic mass is 32.2. The molecular weight excluding hydrogens is 204 g/mol. The van der Waals surface area contributed by atoms with E-state index in [-0.39, 0.29) is 23.6 Å². The predicted octanol–water partition coefficient (Wildman–Crippen LogP) is 0.230. The van der Waals surface area contributed by atoms with Crippen molar-refractivity contribution in [3.05, 3.63) is 12.4 Å². The van der Waals surface area contributed by atoms with Crippen LogP contribution in [0.2, 0.25) is 0 Å². The highest BCUT2D eigenvalue weighted by Gasteiger charge is 2.20. The van der Waals surface area contributed by atoms with Crippen molar-refractivity contribution in [2.24, 2.45) is 0 Å². The predicted molar refractivity (Wildman–Crippen MR) is 51.8 cm³/mol. The Morgan fingerprint density at radius 3 is 2.71 bits per heavy atom. The lowest BCUT2D eigenvalue weighted by molar-refractivity contribution is 0.319. The number of rotatable bonds is 4. The van der Waals surface area contributed by atoms with Gasteiger partial charge in [0.15, 0.2) is 0 Å². The number of hydrogen-bond donors (Lipinski definition) is 1. The Bertz CT molecular complexity index is 394. The molecule has 0 spiro atoms. The molecular formula is C8H14N2O3S. The molecule has 1 rings (SSSR count). The molecule has 0 saturated carbocycles. The number of aromatic nitrogens is 2. The van der Waals surface area contributed by atoms with Crippen molar-refractivity contribution in [3.8, 4) is 0 Å². The van der Waals surface area contributed by atoms with Gasteiger partial charge >= 0.3 is 0 Å². The zero-order valence-corrected chi connectivity index (χ0v) is 9.03. The van der Waals surface area contributed by atoms with Crippen LogP contribution >= 0.6 is 0 Å². The van der Waals surface area contributed by atoms with Crippen LogP contribution in [-0.2, 0) is 9.84 Å². The normalized spacial score (nSPS) is 12.3. The Labute approximate surface area is 83.3 Å². The summed E-state index contributed by atoms with van der Waals surface area (Å²) in [5.41, 5.74) is 0. The largest absolute Gasteiger partial charge is 0.395 e. The van der Waals surface area contributed by atoms with E-state index >= 15 is 0 Å². The fourth-order valence-corrected chi connectivity index (χ4v) is 2.38. The van der Waals surface area contributed by atoms with Gasteiger partial charge in [0.1, 0.15) is 0 Å². The fraction of sp³-hybridized carbons (Fsp3) is 0.625. The molecule has 1 heterocycles. The molecule has 0 aliphatic rings. The van der Waals surface area contributed by atoms with Crippen molar-refractivity contribution < 1.29 is 13.5 Å². The van der Waals surface area contributed by atoms with Gasteiger partial charge in [0.05, 0.1) is 12.4 Å². The Balaban J connectivity index is 3.13. The molecule has 0 aliphatic carbocycles. The van der Waals surface area contributed by atoms with Crippen LogP contribution < -0.4 is 0 Å². The first-order valence-electron chi connectivity index (χ1n) is 4.35. The van der Waals surface area contributed by atoms with Gasteiger partial charge in [-0.25, -0.2) is 13.4 Å². The molecule has 0 radical (unpaired) electrons. The van der Waals surface area contributed by atoms with Gasteiger partial charge < -0.3 is 9.67 Å². The van der Waals surface area contributed by atoms with Gasteiger partial charge in [-0.15, -0.1) is 0 Å². The fourth-order valence-electron chi connectivity index (χ4n) is 1.14. The number of aliphatic hydroxyl groups is 1. The average Bonchev–Trinajstić information content (AvgIpc) is 2.51. The summed E-state index contributed by atoms with van der Waals surface area (Å²) in [4.78, 5) is 3.79. The third-order valence-corrected chi connectivity index (χ3v) is 3.42. The first-order chi connectivity index (χ1) is 6.49. The smallest absolute Gasteiger partial charge is 0.227 e. The van der Waals surface area contributed by atoms with Gasteiger partial charge in [-0.3, -0.25) is 0 Å². The molecule has 6 heteroatoms. The van der Waals surface area contributed by atoms with Crippen LogP contribution in [0.4, 0.5) is 0 Å². The SMILES string of the molecule is CC(C)n1ccnc1S(=O)(=O)CCO. The monoisotopic (exact) mass is 218 g/mol. The topological polar surface area (TPSA) is 72.2 Å². The van der Waals surface area contributed by atoms with Crippen molar-refractivity contribution in [2.45, 2.75) is 25.0 Å². The molecule has 80 valence electrons. The minimum atomic E-state index is -3.44. The molecule has 0 fully saturated rings. The average molecular weight is 218 g/mol. The number of nitrogens with zero attached hydrogens (tertiary/aromatic N) is 2. The Hall–Kier alpha value is -0.880. The highest BCUT2D eigenvalue weighted by molar-refractivity contribution is 7.91. The molecule has 5 nitrogen and oxygen atoms in total. The Morgan fingerprint density at radius 1 is 1.57 bits per heavy atom. The number of aliphatic hydroxyl groups excluding tert-OH is 1. The van der Waals surface area contributed by atoms with E-state index in [1.165, 1.54) is 6.20 Å². The van der Waals surface area contributed by atoms with Crippen LogP contribution in [0.25, 0.3) is 0 Å². The lowest BCUT2D eigenvalue weighted by Crippen LogP contribution is -2.17. The van der Waals surface area contributed by atoms with E-state index < -0.39 is 9.84 Å². The van der Waals surface area contributed by atoms with Crippen LogP contribution in [0, 0.1) is 0 Å². The van der Waals surface area contributed by atoms with Crippen LogP contribution in [-0.4, -0.2) is 35.4 Å². The summed E-state index contributed by atoms with van der Waals surface area (Å²) in [6, 6.07) is 0.0426. The lowest BCUT2D eigenvalue weighted by atomic mass is 10.4. The van der Waals surface area contributed by atoms with Gasteiger partial charge in [0, 0.05) is 18.4 Å². The molecule has 0 atom stereocenters. The van der Waals surface area contributed by atoms with Crippen molar-refractivity contribution in [1.82, 2.24) is 9.55 Å². The van der Waals surface area contributed by atoms with Crippen molar-refractivity contribution >= 4 is 9.84 Å². The summed E-state index contributed by atoms with van der Waals surface area (Å²) < 4.78 is 24.7. The molecule has 0 unspecified atom stereocenters. The van der Waals surface area contributed by atoms with Crippen molar-refractivity contribution in [1.29, 1.82) is 0 Å². The molecule has 14 heavy (non-hydrogen) atoms. The molecule has 1 N–H and O–H groups in total. The summed E-state index contributed by atoms with van der Waals surface area (Å²) in [6.45, 7) is 3.37. The van der Waals surface area contributed by atoms with Crippen molar-refractivity contribution in [2.75, 3.05) is 12.4 Å². The standard InChI is InChI=1S/C8H14N2O3S/c1-7(2)10-4-3-9-8(10)14(12,13)6-5-11/h3-4,7,11H,5-6H2,1-2H3. The molecule has 0 aliphatic heterocycles. The zero-order chi connectivity index (χ0) is 10.8. The number of imidazole rings is 1. The van der Waals surface area contributed by atoms with Gasteiger partial charge in [-0.2, -0.15) is 0 Å². The van der Waals surface area contributed by atoms with E-state index in [1.807, 2.05) is 13.8 Å². The van der Waals surface area contributed by atoms with E-state index in [2.05, 4.69) is 4.98 Å². The highest BCUT2D eigenvalue weighted by Crippen LogP contribution is 2.14. The lowest BCUT2D eigenvalue weighted by Gasteiger charge is -2.10. The number of sulfone groups is 1. The molecule has 0 aromatic carbocycles. The van der Waals surface area contributed by atoms with E-state index in [0.29, 0.717) is 0 Å². The zero-order valence-electron chi connectivity index (χ0n) is 8.21. The van der Waals surface area contributed by atoms with Gasteiger partial charge in [-0.05, 0) is 13.8 Å². The maximum absolute atomic E-state index is 11.6. The number of hydrogen-bond acceptors (Lipinski definition) is 4. The second kappa shape index (κ2) is 4.10. The van der Waals surface area contributed by atoms with Gasteiger partial charge in [0.2, 0.25) is 15.0 Å². The first-order valence-corrected chi connectivity index (χ1v) is 6.00. The van der Waals surface area contributed by atoms with E-state index in [0.717, 1.165) is 0 Å². The second-order valence-electron chi connectivity index (χ2n) is 3.25. The van der Waals surface area contributed by atoms with Crippen LogP contribution in [0.15, 0.2) is 17.6 Å². The third-order valence-electron chi connectivity index (χ3n) is 1.83. The molecule has 0 amide bonds. The minimum Gasteiger partial charge on any atom is -0.395 e. The molecule has 1 aromatic heterocycles. The van der Waals surface area contributed by atoms with Crippen molar-refractivity contribution in [3.63, 3.8) is 0 Å². The molecule has 0 saturated heterocycles. The van der Waals surface area contributed by atoms with Crippen LogP contribution in [0.3, 0.4) is 0 Å². The maximum atomic E-state index is 11.6. The van der Waals surface area contributed by atoms with Crippen LogP contribution in [0.5, 0.6) is 0 Å². The molecule has 1 aromatic rings. The minimum absolute atomic E-state index is 0.0292. The Morgan fingerprint density at radius 2 is 2.21 bits per heavy atom. The molecule has 0 bridgehead atoms. The summed E-state index contributed by atoms with van der Waals surface area (Å²) in [7, 11) is -3.44. The summed E-state index contributed by atoms with van der Waals surface area (Å²) in [5, 5.41) is 8.64. The second-order valence-corrected chi connectivity index (χ2v) is 5.26. The first kappa shape index (κ1) is 11.2. The summed E-state index contributed by atoms with van der Waals surface area (Å²) in [5.74, 6) is -0.281. The van der Waals surface area contributed by atoms with E-state index in [1.54, 1.807) is 10.8 Å². The van der Waals surface area contributed by atoms with E-state index in [4.69, 9.17) is 5.11 Å². The van der Waals surface area contributed by atoms with Gasteiger partial charge in [-0.1, -0.05) is 0 Å². The quantitative estimate of drug-likeness (QED) is 0.785.